The first-order chi connectivity index (χ1) is 7.36. The molecule has 16 heavy (non-hydrogen) atoms. The molecule has 2 aliphatic heterocycles. The maximum atomic E-state index is 11.5. The first-order valence-corrected chi connectivity index (χ1v) is 5.92. The molecule has 0 atom stereocenters. The lowest BCUT2D eigenvalue weighted by Gasteiger charge is -2.26. The topological polar surface area (TPSA) is 50.4 Å². The minimum Gasteiger partial charge on any atom is -0.381 e. The van der Waals surface area contributed by atoms with Crippen molar-refractivity contribution in [2.75, 3.05) is 32.8 Å². The van der Waals surface area contributed by atoms with E-state index >= 15 is 0 Å². The zero-order chi connectivity index (χ0) is 10.5. The minimum absolute atomic E-state index is 0. The highest BCUT2D eigenvalue weighted by atomic mass is 35.5. The molecule has 4 nitrogen and oxygen atoms in total. The second kappa shape index (κ2) is 7.09. The van der Waals surface area contributed by atoms with Crippen LogP contribution in [0.25, 0.3) is 0 Å². The Bertz CT molecular complexity index is 216. The Balaban J connectivity index is 0.00000128. The molecule has 0 unspecified atom stereocenters. The molecule has 2 saturated heterocycles. The third kappa shape index (κ3) is 3.92. The summed E-state index contributed by atoms with van der Waals surface area (Å²) in [7, 11) is 0. The van der Waals surface area contributed by atoms with E-state index in [2.05, 4.69) is 10.6 Å². The Morgan fingerprint density at radius 2 is 2.00 bits per heavy atom. The maximum absolute atomic E-state index is 11.5. The predicted octanol–water partition coefficient (Wildman–Crippen LogP) is 0.560. The monoisotopic (exact) mass is 248 g/mol. The average molecular weight is 249 g/mol. The van der Waals surface area contributed by atoms with Gasteiger partial charge in [0.1, 0.15) is 0 Å². The van der Waals surface area contributed by atoms with Crippen LogP contribution in [0.1, 0.15) is 19.3 Å². The summed E-state index contributed by atoms with van der Waals surface area (Å²) < 4.78 is 5.30. The van der Waals surface area contributed by atoms with Crippen LogP contribution >= 0.6 is 12.4 Å². The molecule has 0 spiro atoms. The molecule has 94 valence electrons. The van der Waals surface area contributed by atoms with Crippen molar-refractivity contribution in [1.82, 2.24) is 10.6 Å². The smallest absolute Gasteiger partial charge is 0.225 e. The van der Waals surface area contributed by atoms with Gasteiger partial charge in [0, 0.05) is 32.8 Å². The molecule has 0 aliphatic carbocycles. The fourth-order valence-corrected chi connectivity index (χ4v) is 2.05. The van der Waals surface area contributed by atoms with Crippen molar-refractivity contribution in [2.45, 2.75) is 19.3 Å². The van der Waals surface area contributed by atoms with Crippen molar-refractivity contribution < 1.29 is 9.53 Å². The van der Waals surface area contributed by atoms with E-state index < -0.39 is 0 Å². The summed E-state index contributed by atoms with van der Waals surface area (Å²) in [5.41, 5.74) is 0. The number of hydrogen-bond donors (Lipinski definition) is 2. The third-order valence-electron chi connectivity index (χ3n) is 3.34. The molecule has 2 fully saturated rings. The Labute approximate surface area is 103 Å². The van der Waals surface area contributed by atoms with Crippen LogP contribution in [0.3, 0.4) is 0 Å². The van der Waals surface area contributed by atoms with Crippen LogP contribution in [0.15, 0.2) is 0 Å². The highest BCUT2D eigenvalue weighted by molar-refractivity contribution is 5.85. The van der Waals surface area contributed by atoms with Crippen LogP contribution in [0.4, 0.5) is 0 Å². The Hall–Kier alpha value is -0.320. The second-order valence-corrected chi connectivity index (χ2v) is 4.49. The number of hydrogen-bond acceptors (Lipinski definition) is 3. The van der Waals surface area contributed by atoms with Gasteiger partial charge in [0.15, 0.2) is 0 Å². The molecule has 0 radical (unpaired) electrons. The molecule has 0 aromatic carbocycles. The number of ether oxygens (including phenoxy) is 1. The molecule has 0 bridgehead atoms. The van der Waals surface area contributed by atoms with Crippen LogP contribution in [-0.4, -0.2) is 38.8 Å². The SMILES string of the molecule is Cl.O=C(NCCC1CCOCC1)C1CNC1. The van der Waals surface area contributed by atoms with Gasteiger partial charge in [0.2, 0.25) is 5.91 Å². The van der Waals surface area contributed by atoms with E-state index in [0.717, 1.165) is 58.0 Å². The molecule has 0 aromatic rings. The van der Waals surface area contributed by atoms with Crippen molar-refractivity contribution >= 4 is 18.3 Å². The summed E-state index contributed by atoms with van der Waals surface area (Å²) >= 11 is 0. The van der Waals surface area contributed by atoms with Gasteiger partial charge in [-0.1, -0.05) is 0 Å². The lowest BCUT2D eigenvalue weighted by atomic mass is 9.96. The summed E-state index contributed by atoms with van der Waals surface area (Å²) in [5, 5.41) is 6.12. The van der Waals surface area contributed by atoms with Crippen molar-refractivity contribution in [3.8, 4) is 0 Å². The van der Waals surface area contributed by atoms with Gasteiger partial charge in [0.25, 0.3) is 0 Å². The van der Waals surface area contributed by atoms with Gasteiger partial charge in [0.05, 0.1) is 5.92 Å². The summed E-state index contributed by atoms with van der Waals surface area (Å²) in [6.07, 6.45) is 3.41. The van der Waals surface area contributed by atoms with Gasteiger partial charge in [-0.15, -0.1) is 12.4 Å². The first-order valence-electron chi connectivity index (χ1n) is 5.92. The maximum Gasteiger partial charge on any atom is 0.225 e. The zero-order valence-electron chi connectivity index (χ0n) is 9.54. The highest BCUT2D eigenvalue weighted by Gasteiger charge is 2.24. The fourth-order valence-electron chi connectivity index (χ4n) is 2.05. The van der Waals surface area contributed by atoms with Crippen LogP contribution in [0.2, 0.25) is 0 Å². The molecule has 2 rings (SSSR count). The van der Waals surface area contributed by atoms with E-state index in [-0.39, 0.29) is 24.2 Å². The number of carbonyl (C=O) groups excluding carboxylic acids is 1. The Morgan fingerprint density at radius 3 is 2.56 bits per heavy atom. The summed E-state index contributed by atoms with van der Waals surface area (Å²) in [4.78, 5) is 11.5. The zero-order valence-corrected chi connectivity index (χ0v) is 10.4. The molecule has 2 aliphatic rings. The third-order valence-corrected chi connectivity index (χ3v) is 3.34. The Morgan fingerprint density at radius 1 is 1.31 bits per heavy atom. The molecule has 0 saturated carbocycles. The van der Waals surface area contributed by atoms with Crippen LogP contribution in [0.5, 0.6) is 0 Å². The normalized spacial score (nSPS) is 22.0. The van der Waals surface area contributed by atoms with Crippen molar-refractivity contribution in [1.29, 1.82) is 0 Å². The molecule has 5 heteroatoms. The van der Waals surface area contributed by atoms with Gasteiger partial charge in [-0.25, -0.2) is 0 Å². The molecule has 1 amide bonds. The van der Waals surface area contributed by atoms with E-state index in [4.69, 9.17) is 4.74 Å². The molecule has 2 N–H and O–H groups in total. The molecular weight excluding hydrogens is 228 g/mol. The average Bonchev–Trinajstić information content (AvgIpc) is 2.16. The van der Waals surface area contributed by atoms with Crippen molar-refractivity contribution in [3.63, 3.8) is 0 Å². The summed E-state index contributed by atoms with van der Waals surface area (Å²) in [5.74, 6) is 1.19. The van der Waals surface area contributed by atoms with Crippen LogP contribution < -0.4 is 10.6 Å². The lowest BCUT2D eigenvalue weighted by Crippen LogP contribution is -2.51. The van der Waals surface area contributed by atoms with Gasteiger partial charge in [-0.3, -0.25) is 4.79 Å². The van der Waals surface area contributed by atoms with E-state index in [1.165, 1.54) is 0 Å². The van der Waals surface area contributed by atoms with Crippen LogP contribution in [0, 0.1) is 11.8 Å². The summed E-state index contributed by atoms with van der Waals surface area (Å²) in [6.45, 7) is 4.32. The predicted molar refractivity (Wildman–Crippen MR) is 64.8 cm³/mol. The number of nitrogens with one attached hydrogen (secondary N) is 2. The van der Waals surface area contributed by atoms with Gasteiger partial charge in [-0.05, 0) is 25.2 Å². The van der Waals surface area contributed by atoms with Gasteiger partial charge in [-0.2, -0.15) is 0 Å². The first kappa shape index (κ1) is 13.7. The minimum atomic E-state index is 0. The Kier molecular flexibility index (Phi) is 6.09. The molecule has 0 aromatic heterocycles. The molecule has 2 heterocycles. The van der Waals surface area contributed by atoms with Gasteiger partial charge >= 0.3 is 0 Å². The van der Waals surface area contributed by atoms with E-state index in [1.54, 1.807) is 0 Å². The van der Waals surface area contributed by atoms with Crippen molar-refractivity contribution in [2.24, 2.45) is 11.8 Å². The highest BCUT2D eigenvalue weighted by Crippen LogP contribution is 2.17. The second-order valence-electron chi connectivity index (χ2n) is 4.49. The van der Waals surface area contributed by atoms with E-state index in [0.29, 0.717) is 0 Å². The summed E-state index contributed by atoms with van der Waals surface area (Å²) in [6, 6.07) is 0. The number of rotatable bonds is 4. The van der Waals surface area contributed by atoms with E-state index in [1.807, 2.05) is 0 Å². The standard InChI is InChI=1S/C11H20N2O2.ClH/c14-11(10-7-12-8-10)13-4-1-9-2-5-15-6-3-9;/h9-10,12H,1-8H2,(H,13,14);1H. The van der Waals surface area contributed by atoms with Crippen molar-refractivity contribution in [3.05, 3.63) is 0 Å². The lowest BCUT2D eigenvalue weighted by molar-refractivity contribution is -0.126. The fraction of sp³-hybridized carbons (Fsp3) is 0.909. The largest absolute Gasteiger partial charge is 0.381 e. The number of halogens is 1. The number of amides is 1. The van der Waals surface area contributed by atoms with Crippen LogP contribution in [-0.2, 0) is 9.53 Å². The number of carbonyl (C=O) groups is 1. The quantitative estimate of drug-likeness (QED) is 0.765. The van der Waals surface area contributed by atoms with Gasteiger partial charge < -0.3 is 15.4 Å². The van der Waals surface area contributed by atoms with E-state index in [9.17, 15) is 4.79 Å². The molecular formula is C11H21ClN2O2.